The van der Waals surface area contributed by atoms with Crippen molar-refractivity contribution in [2.45, 2.75) is 182 Å². The zero-order chi connectivity index (χ0) is 37.6. The molecule has 1 heterocycles. The number of ether oxygens (including phenoxy) is 2. The fourth-order valence-corrected chi connectivity index (χ4v) is 6.73. The molecule has 0 amide bonds. The Hall–Kier alpha value is -1.06. The zero-order valence-electron chi connectivity index (χ0n) is 33.5. The number of aliphatic hydroxyl groups is 5. The maximum absolute atomic E-state index is 10.9. The van der Waals surface area contributed by atoms with Crippen LogP contribution in [-0.2, 0) is 9.47 Å². The monoisotopic (exact) mass is 709 g/mol. The van der Waals surface area contributed by atoms with Crippen LogP contribution < -0.4 is 0 Å². The van der Waals surface area contributed by atoms with Gasteiger partial charge in [-0.25, -0.2) is 0 Å². The van der Waals surface area contributed by atoms with Crippen molar-refractivity contribution in [3.05, 3.63) is 36.5 Å². The fraction of sp³-hybridized carbons (Fsp3) is 0.860. The van der Waals surface area contributed by atoms with Gasteiger partial charge in [0.1, 0.15) is 30.5 Å². The number of allylic oxidation sites excluding steroid dienone is 4. The summed E-state index contributed by atoms with van der Waals surface area (Å²) in [7, 11) is 0. The molecule has 0 aromatic heterocycles. The molecule has 1 aliphatic heterocycles. The van der Waals surface area contributed by atoms with Gasteiger partial charge in [-0.2, -0.15) is 0 Å². The Morgan fingerprint density at radius 2 is 1.30 bits per heavy atom. The van der Waals surface area contributed by atoms with Crippen molar-refractivity contribution >= 4 is 0 Å². The third-order valence-corrected chi connectivity index (χ3v) is 11.1. The highest BCUT2D eigenvalue weighted by atomic mass is 16.6. The van der Waals surface area contributed by atoms with Gasteiger partial charge in [0, 0.05) is 0 Å². The minimum absolute atomic E-state index is 0.0399. The molecule has 1 rings (SSSR count). The number of hydrogen-bond acceptors (Lipinski definition) is 7. The van der Waals surface area contributed by atoms with Gasteiger partial charge >= 0.3 is 0 Å². The molecule has 1 fully saturated rings. The van der Waals surface area contributed by atoms with Gasteiger partial charge in [0.05, 0.1) is 25.4 Å². The van der Waals surface area contributed by atoms with Crippen molar-refractivity contribution in [1.82, 2.24) is 0 Å². The first-order valence-electron chi connectivity index (χ1n) is 20.3. The summed E-state index contributed by atoms with van der Waals surface area (Å²) in [5.41, 5.74) is 0. The largest absolute Gasteiger partial charge is 0.394 e. The second kappa shape index (κ2) is 26.7. The number of aliphatic hydroxyl groups excluding tert-OH is 5. The quantitative estimate of drug-likeness (QED) is 0.0544. The van der Waals surface area contributed by atoms with Crippen LogP contribution in [0.3, 0.4) is 0 Å². The Labute approximate surface area is 307 Å². The molecule has 0 saturated carbocycles. The molecular formula is C43H80O7. The number of rotatable bonds is 27. The Morgan fingerprint density at radius 1 is 0.660 bits per heavy atom. The highest BCUT2D eigenvalue weighted by Crippen LogP contribution is 2.27. The molecule has 0 aromatic rings. The first-order chi connectivity index (χ1) is 23.7. The maximum atomic E-state index is 10.9. The maximum Gasteiger partial charge on any atom is 0.111 e. The van der Waals surface area contributed by atoms with Crippen molar-refractivity contribution in [2.24, 2.45) is 41.4 Å². The van der Waals surface area contributed by atoms with Gasteiger partial charge in [-0.05, 0) is 73.5 Å². The molecule has 0 aliphatic carbocycles. The summed E-state index contributed by atoms with van der Waals surface area (Å²) in [6.45, 7) is 19.7. The molecule has 0 bridgehead atoms. The molecule has 13 unspecified atom stereocenters. The molecule has 13 atom stereocenters. The van der Waals surface area contributed by atoms with E-state index >= 15 is 0 Å². The Balaban J connectivity index is 2.72. The topological polar surface area (TPSA) is 120 Å². The molecule has 7 heteroatoms. The lowest BCUT2D eigenvalue weighted by atomic mass is 9.88. The molecule has 0 aromatic carbocycles. The van der Waals surface area contributed by atoms with Crippen LogP contribution in [0.5, 0.6) is 0 Å². The molecule has 50 heavy (non-hydrogen) atoms. The van der Waals surface area contributed by atoms with E-state index in [9.17, 15) is 25.5 Å². The van der Waals surface area contributed by atoms with E-state index in [2.05, 4.69) is 98.8 Å². The van der Waals surface area contributed by atoms with Crippen LogP contribution >= 0.6 is 0 Å². The van der Waals surface area contributed by atoms with E-state index in [0.29, 0.717) is 17.8 Å². The summed E-state index contributed by atoms with van der Waals surface area (Å²) in [5.74, 6) is 3.30. The van der Waals surface area contributed by atoms with E-state index in [1.807, 2.05) is 0 Å². The van der Waals surface area contributed by atoms with Crippen molar-refractivity contribution in [2.75, 3.05) is 13.2 Å². The number of hydrogen-bond donors (Lipinski definition) is 5. The molecule has 1 saturated heterocycles. The summed E-state index contributed by atoms with van der Waals surface area (Å²) >= 11 is 0. The van der Waals surface area contributed by atoms with Crippen molar-refractivity contribution in [3.63, 3.8) is 0 Å². The van der Waals surface area contributed by atoms with Gasteiger partial charge in [0.2, 0.25) is 0 Å². The predicted molar refractivity (Wildman–Crippen MR) is 208 cm³/mol. The SMILES string of the molecule is CCC(C)C/C=C/C(C)/C=C/C(OCC1OC(CO)C(O)C(O)C1O)C(C)CCCC(CC)CCC(O)C(C)/C=C/CC(C)CCCC(C)C. The van der Waals surface area contributed by atoms with Gasteiger partial charge in [-0.1, -0.05) is 144 Å². The summed E-state index contributed by atoms with van der Waals surface area (Å²) in [5, 5.41) is 51.5. The molecule has 294 valence electrons. The van der Waals surface area contributed by atoms with Gasteiger partial charge in [0.25, 0.3) is 0 Å². The average molecular weight is 709 g/mol. The van der Waals surface area contributed by atoms with Crippen LogP contribution in [0.25, 0.3) is 0 Å². The minimum atomic E-state index is -1.41. The molecular weight excluding hydrogens is 628 g/mol. The zero-order valence-corrected chi connectivity index (χ0v) is 33.5. The lowest BCUT2D eigenvalue weighted by Crippen LogP contribution is -2.59. The summed E-state index contributed by atoms with van der Waals surface area (Å²) in [6, 6.07) is 0. The van der Waals surface area contributed by atoms with Crippen LogP contribution in [-0.4, -0.2) is 81.5 Å². The molecule has 0 spiro atoms. The van der Waals surface area contributed by atoms with Gasteiger partial charge in [-0.15, -0.1) is 0 Å². The van der Waals surface area contributed by atoms with Crippen LogP contribution in [0.4, 0.5) is 0 Å². The highest BCUT2D eigenvalue weighted by molar-refractivity contribution is 5.03. The van der Waals surface area contributed by atoms with E-state index in [1.165, 1.54) is 19.3 Å². The summed E-state index contributed by atoms with van der Waals surface area (Å²) in [4.78, 5) is 0. The molecule has 1 aliphatic rings. The summed E-state index contributed by atoms with van der Waals surface area (Å²) < 4.78 is 12.1. The summed E-state index contributed by atoms with van der Waals surface area (Å²) in [6.07, 6.45) is 20.1. The molecule has 5 N–H and O–H groups in total. The third-order valence-electron chi connectivity index (χ3n) is 11.1. The van der Waals surface area contributed by atoms with Crippen LogP contribution in [0.15, 0.2) is 36.5 Å². The smallest absolute Gasteiger partial charge is 0.111 e. The average Bonchev–Trinajstić information content (AvgIpc) is 3.08. The lowest BCUT2D eigenvalue weighted by Gasteiger charge is -2.40. The minimum Gasteiger partial charge on any atom is -0.394 e. The standard InChI is InChI=1S/C43H80O7/c1-10-31(5)17-13-19-33(7)24-27-38(49-29-40-42(47)43(48)41(46)39(28-44)50-40)35(9)22-15-23-36(11-2)25-26-37(45)34(8)21-14-20-32(6)18-12-16-30(3)4/h13-14,19,21,24,27,30-48H,10-12,15-18,20,22-23,25-26,28-29H2,1-9H3/b19-13+,21-14+,27-24+. The second-order valence-electron chi connectivity index (χ2n) is 16.4. The first kappa shape index (κ1) is 47.0. The first-order valence-corrected chi connectivity index (χ1v) is 20.3. The van der Waals surface area contributed by atoms with Crippen LogP contribution in [0.2, 0.25) is 0 Å². The van der Waals surface area contributed by atoms with E-state index < -0.39 is 37.1 Å². The van der Waals surface area contributed by atoms with E-state index in [-0.39, 0.29) is 36.6 Å². The second-order valence-corrected chi connectivity index (χ2v) is 16.4. The van der Waals surface area contributed by atoms with E-state index in [0.717, 1.165) is 63.7 Å². The highest BCUT2D eigenvalue weighted by Gasteiger charge is 2.43. The predicted octanol–water partition coefficient (Wildman–Crippen LogP) is 8.42. The Kier molecular flexibility index (Phi) is 25.0. The van der Waals surface area contributed by atoms with E-state index in [4.69, 9.17) is 9.47 Å². The molecule has 0 radical (unpaired) electrons. The Bertz CT molecular complexity index is 917. The van der Waals surface area contributed by atoms with Crippen molar-refractivity contribution in [1.29, 1.82) is 0 Å². The van der Waals surface area contributed by atoms with Crippen LogP contribution in [0, 0.1) is 41.4 Å². The molecule has 7 nitrogen and oxygen atoms in total. The van der Waals surface area contributed by atoms with E-state index in [1.54, 1.807) is 0 Å². The Morgan fingerprint density at radius 3 is 1.94 bits per heavy atom. The van der Waals surface area contributed by atoms with Crippen LogP contribution in [0.1, 0.15) is 139 Å². The van der Waals surface area contributed by atoms with Gasteiger partial charge in [-0.3, -0.25) is 0 Å². The van der Waals surface area contributed by atoms with Gasteiger partial charge in [0.15, 0.2) is 0 Å². The third kappa shape index (κ3) is 19.1. The van der Waals surface area contributed by atoms with Crippen molar-refractivity contribution < 1.29 is 35.0 Å². The van der Waals surface area contributed by atoms with Crippen molar-refractivity contribution in [3.8, 4) is 0 Å². The normalized spacial score (nSPS) is 26.8. The van der Waals surface area contributed by atoms with Gasteiger partial charge < -0.3 is 35.0 Å². The fourth-order valence-electron chi connectivity index (χ4n) is 6.73. The lowest BCUT2D eigenvalue weighted by molar-refractivity contribution is -0.241.